The summed E-state index contributed by atoms with van der Waals surface area (Å²) in [6, 6.07) is 11.7. The Labute approximate surface area is 177 Å². The van der Waals surface area contributed by atoms with Crippen molar-refractivity contribution in [2.75, 3.05) is 42.2 Å². The van der Waals surface area contributed by atoms with Gasteiger partial charge in [0.25, 0.3) is 0 Å². The van der Waals surface area contributed by atoms with Crippen LogP contribution in [0.25, 0.3) is 20.4 Å². The molecular weight excluding hydrogens is 424 g/mol. The molecule has 2 aromatic carbocycles. The first kappa shape index (κ1) is 18.8. The van der Waals surface area contributed by atoms with Gasteiger partial charge in [0, 0.05) is 32.4 Å². The first-order chi connectivity index (χ1) is 13.9. The van der Waals surface area contributed by atoms with E-state index in [9.17, 15) is 8.42 Å². The van der Waals surface area contributed by atoms with Crippen LogP contribution in [-0.4, -0.2) is 50.8 Å². The smallest absolute Gasteiger partial charge is 0.186 e. The van der Waals surface area contributed by atoms with Crippen LogP contribution < -0.4 is 9.80 Å². The number of sulfone groups is 1. The maximum atomic E-state index is 12.1. The molecule has 0 amide bonds. The molecule has 0 saturated carbocycles. The number of fused-ring (bicyclic) bond motifs is 2. The van der Waals surface area contributed by atoms with Gasteiger partial charge in [-0.1, -0.05) is 34.8 Å². The van der Waals surface area contributed by atoms with Crippen LogP contribution in [-0.2, 0) is 9.84 Å². The quantitative estimate of drug-likeness (QED) is 0.477. The van der Waals surface area contributed by atoms with Crippen molar-refractivity contribution < 1.29 is 8.42 Å². The Kier molecular flexibility index (Phi) is 4.49. The molecule has 150 valence electrons. The maximum absolute atomic E-state index is 12.1. The second kappa shape index (κ2) is 6.93. The molecule has 1 aliphatic heterocycles. The van der Waals surface area contributed by atoms with E-state index < -0.39 is 9.84 Å². The number of hydrogen-bond donors (Lipinski definition) is 0. The molecule has 1 aliphatic rings. The Hall–Kier alpha value is -2.23. The average Bonchev–Trinajstić information content (AvgIpc) is 3.30. The summed E-state index contributed by atoms with van der Waals surface area (Å²) in [5.41, 5.74) is 2.89. The molecule has 0 unspecified atom stereocenters. The maximum Gasteiger partial charge on any atom is 0.186 e. The lowest BCUT2D eigenvalue weighted by atomic mass is 10.2. The second-order valence-corrected chi connectivity index (χ2v) is 11.3. The van der Waals surface area contributed by atoms with Crippen LogP contribution in [0.4, 0.5) is 10.3 Å². The molecule has 9 heteroatoms. The van der Waals surface area contributed by atoms with E-state index in [0.717, 1.165) is 46.7 Å². The summed E-state index contributed by atoms with van der Waals surface area (Å²) < 4.78 is 26.3. The number of para-hydroxylation sites is 1. The lowest BCUT2D eigenvalue weighted by molar-refractivity contribution is 0.602. The van der Waals surface area contributed by atoms with Crippen molar-refractivity contribution in [1.29, 1.82) is 0 Å². The van der Waals surface area contributed by atoms with Gasteiger partial charge < -0.3 is 9.80 Å². The van der Waals surface area contributed by atoms with Crippen LogP contribution in [0.3, 0.4) is 0 Å². The highest BCUT2D eigenvalue weighted by Gasteiger charge is 2.23. The van der Waals surface area contributed by atoms with Gasteiger partial charge in [-0.25, -0.2) is 18.4 Å². The van der Waals surface area contributed by atoms with E-state index >= 15 is 0 Å². The topological polar surface area (TPSA) is 66.4 Å². The molecule has 4 aromatic rings. The van der Waals surface area contributed by atoms with E-state index in [2.05, 4.69) is 39.9 Å². The fourth-order valence-corrected chi connectivity index (χ4v) is 6.65. The number of thiazole rings is 2. The number of rotatable bonds is 3. The highest BCUT2D eigenvalue weighted by molar-refractivity contribution is 7.91. The van der Waals surface area contributed by atoms with Crippen molar-refractivity contribution in [2.45, 2.75) is 11.8 Å². The van der Waals surface area contributed by atoms with Crippen molar-refractivity contribution in [3.05, 3.63) is 42.0 Å². The number of piperazine rings is 1. The standard InChI is InChI=1S/C20H20N4O2S3/c1-13-6-7-14-16(12-13)28-19(21-14)23-8-10-24(11-9-23)20-22-18-15(27-20)4-3-5-17(18)29(2,25)26/h3-7,12H,8-11H2,1-2H3. The molecule has 0 N–H and O–H groups in total. The molecule has 6 nitrogen and oxygen atoms in total. The Bertz CT molecular complexity index is 1320. The van der Waals surface area contributed by atoms with E-state index in [4.69, 9.17) is 4.98 Å². The Balaban J connectivity index is 1.37. The largest absolute Gasteiger partial charge is 0.345 e. The minimum absolute atomic E-state index is 0.306. The molecule has 29 heavy (non-hydrogen) atoms. The zero-order chi connectivity index (χ0) is 20.2. The second-order valence-electron chi connectivity index (χ2n) is 7.31. The van der Waals surface area contributed by atoms with Gasteiger partial charge in [-0.3, -0.25) is 0 Å². The average molecular weight is 445 g/mol. The number of hydrogen-bond acceptors (Lipinski definition) is 8. The minimum atomic E-state index is -3.30. The highest BCUT2D eigenvalue weighted by Crippen LogP contribution is 2.34. The summed E-state index contributed by atoms with van der Waals surface area (Å²) in [6.07, 6.45) is 1.24. The Morgan fingerprint density at radius 2 is 1.55 bits per heavy atom. The molecule has 0 aliphatic carbocycles. The SMILES string of the molecule is Cc1ccc2nc(N3CCN(c4nc5c(S(C)(=O)=O)cccc5s4)CC3)sc2c1. The highest BCUT2D eigenvalue weighted by atomic mass is 32.2. The summed E-state index contributed by atoms with van der Waals surface area (Å²) in [5, 5.41) is 1.95. The zero-order valence-electron chi connectivity index (χ0n) is 16.1. The van der Waals surface area contributed by atoms with Crippen LogP contribution in [0.15, 0.2) is 41.3 Å². The summed E-state index contributed by atoms with van der Waals surface area (Å²) in [5.74, 6) is 0. The lowest BCUT2D eigenvalue weighted by Gasteiger charge is -2.34. The van der Waals surface area contributed by atoms with Gasteiger partial charge in [-0.05, 0) is 36.8 Å². The Morgan fingerprint density at radius 1 is 0.897 bits per heavy atom. The van der Waals surface area contributed by atoms with Gasteiger partial charge in [0.15, 0.2) is 20.1 Å². The summed E-state index contributed by atoms with van der Waals surface area (Å²) >= 11 is 3.30. The molecule has 0 atom stereocenters. The van der Waals surface area contributed by atoms with Crippen molar-refractivity contribution in [3.8, 4) is 0 Å². The predicted molar refractivity (Wildman–Crippen MR) is 122 cm³/mol. The van der Waals surface area contributed by atoms with Gasteiger partial charge in [0.05, 0.1) is 19.8 Å². The van der Waals surface area contributed by atoms with E-state index in [0.29, 0.717) is 10.4 Å². The van der Waals surface area contributed by atoms with Gasteiger partial charge in [-0.2, -0.15) is 0 Å². The fourth-order valence-electron chi connectivity index (χ4n) is 3.59. The molecule has 5 rings (SSSR count). The van der Waals surface area contributed by atoms with Crippen molar-refractivity contribution in [2.24, 2.45) is 0 Å². The lowest BCUT2D eigenvalue weighted by Crippen LogP contribution is -2.46. The number of benzene rings is 2. The predicted octanol–water partition coefficient (Wildman–Crippen LogP) is 3.94. The fraction of sp³-hybridized carbons (Fsp3) is 0.300. The van der Waals surface area contributed by atoms with Crippen LogP contribution in [0, 0.1) is 6.92 Å². The number of anilines is 2. The first-order valence-electron chi connectivity index (χ1n) is 9.35. The van der Waals surface area contributed by atoms with Crippen LogP contribution >= 0.6 is 22.7 Å². The van der Waals surface area contributed by atoms with Gasteiger partial charge in [0.1, 0.15) is 5.52 Å². The van der Waals surface area contributed by atoms with E-state index in [1.807, 2.05) is 6.07 Å². The molecule has 0 bridgehead atoms. The number of aryl methyl sites for hydroxylation is 1. The van der Waals surface area contributed by atoms with E-state index in [-0.39, 0.29) is 0 Å². The first-order valence-corrected chi connectivity index (χ1v) is 12.9. The number of aromatic nitrogens is 2. The molecule has 0 spiro atoms. The summed E-state index contributed by atoms with van der Waals surface area (Å²) in [4.78, 5) is 14.3. The zero-order valence-corrected chi connectivity index (χ0v) is 18.6. The van der Waals surface area contributed by atoms with E-state index in [1.54, 1.807) is 34.8 Å². The normalized spacial score (nSPS) is 15.5. The molecule has 1 saturated heterocycles. The third kappa shape index (κ3) is 3.47. The van der Waals surface area contributed by atoms with Gasteiger partial charge in [-0.15, -0.1) is 0 Å². The van der Waals surface area contributed by atoms with Crippen molar-refractivity contribution >= 4 is 63.2 Å². The van der Waals surface area contributed by atoms with Crippen LogP contribution in [0.1, 0.15) is 5.56 Å². The molecule has 1 fully saturated rings. The molecule has 2 aromatic heterocycles. The molecule has 3 heterocycles. The van der Waals surface area contributed by atoms with Crippen LogP contribution in [0.5, 0.6) is 0 Å². The Morgan fingerprint density at radius 3 is 2.24 bits per heavy atom. The van der Waals surface area contributed by atoms with Crippen molar-refractivity contribution in [3.63, 3.8) is 0 Å². The third-order valence-corrected chi connectivity index (χ3v) is 8.41. The molecular formula is C20H20N4O2S3. The van der Waals surface area contributed by atoms with Gasteiger partial charge >= 0.3 is 0 Å². The number of nitrogens with zero attached hydrogens (tertiary/aromatic N) is 4. The monoisotopic (exact) mass is 444 g/mol. The summed E-state index contributed by atoms with van der Waals surface area (Å²) in [7, 11) is -3.30. The van der Waals surface area contributed by atoms with Gasteiger partial charge in [0.2, 0.25) is 0 Å². The van der Waals surface area contributed by atoms with E-state index in [1.165, 1.54) is 16.5 Å². The minimum Gasteiger partial charge on any atom is -0.345 e. The third-order valence-electron chi connectivity index (χ3n) is 5.12. The molecule has 0 radical (unpaired) electrons. The van der Waals surface area contributed by atoms with Crippen LogP contribution in [0.2, 0.25) is 0 Å². The summed E-state index contributed by atoms with van der Waals surface area (Å²) in [6.45, 7) is 5.51. The van der Waals surface area contributed by atoms with Crippen molar-refractivity contribution in [1.82, 2.24) is 9.97 Å².